The quantitative estimate of drug-likeness (QED) is 0.266. The van der Waals surface area contributed by atoms with Gasteiger partial charge in [0.25, 0.3) is 0 Å². The topological polar surface area (TPSA) is 31.4 Å². The third-order valence-corrected chi connectivity index (χ3v) is 4.81. The highest BCUT2D eigenvalue weighted by molar-refractivity contribution is 6.17. The molecule has 0 radical (unpaired) electrons. The second kappa shape index (κ2) is 14.1. The van der Waals surface area contributed by atoms with Crippen LogP contribution >= 0.6 is 11.6 Å². The summed E-state index contributed by atoms with van der Waals surface area (Å²) >= 11 is 5.97. The third kappa shape index (κ3) is 7.28. The summed E-state index contributed by atoms with van der Waals surface area (Å²) in [5.74, 6) is 2.05. The predicted octanol–water partition coefficient (Wildman–Crippen LogP) is 8.18. The number of ether oxygens (including phenoxy) is 2. The van der Waals surface area contributed by atoms with Gasteiger partial charge >= 0.3 is 0 Å². The van der Waals surface area contributed by atoms with Crippen molar-refractivity contribution < 1.29 is 9.47 Å². The first-order valence-electron chi connectivity index (χ1n) is 11.1. The number of alkyl halides is 1. The maximum atomic E-state index is 5.97. The molecule has 0 aliphatic carbocycles. The molecule has 4 aromatic rings. The minimum absolute atomic E-state index is 0.425. The Balaban J connectivity index is 0.000000860. The molecule has 4 heteroatoms. The third-order valence-electron chi connectivity index (χ3n) is 4.52. The van der Waals surface area contributed by atoms with E-state index >= 15 is 0 Å². The van der Waals surface area contributed by atoms with E-state index in [4.69, 9.17) is 21.1 Å². The van der Waals surface area contributed by atoms with E-state index in [1.165, 1.54) is 0 Å². The van der Waals surface area contributed by atoms with Crippen LogP contribution in [-0.4, -0.2) is 4.98 Å². The van der Waals surface area contributed by atoms with Crippen molar-refractivity contribution in [3.8, 4) is 11.5 Å². The van der Waals surface area contributed by atoms with Crippen LogP contribution in [0.3, 0.4) is 0 Å². The standard InChI is InChI=1S/C24H20ClNO2.2C2H6/c25-15-19-6-1-2-7-20(19)16-27-22-11-13-23(14-12-22)28-17-21-10-9-18-5-3-4-8-24(18)26-21;2*1-2/h1-14H,15-17H2;2*1-2H3. The van der Waals surface area contributed by atoms with Gasteiger partial charge in [-0.05, 0) is 47.5 Å². The fourth-order valence-electron chi connectivity index (χ4n) is 2.97. The lowest BCUT2D eigenvalue weighted by molar-refractivity contribution is 0.294. The van der Waals surface area contributed by atoms with Crippen molar-refractivity contribution in [2.45, 2.75) is 46.8 Å². The molecule has 0 spiro atoms. The number of benzene rings is 3. The first kappa shape index (κ1) is 25.2. The number of pyridine rings is 1. The van der Waals surface area contributed by atoms with Crippen molar-refractivity contribution in [2.75, 3.05) is 0 Å². The zero-order valence-electron chi connectivity index (χ0n) is 19.3. The molecule has 3 aromatic carbocycles. The van der Waals surface area contributed by atoms with Crippen LogP contribution in [0.4, 0.5) is 0 Å². The van der Waals surface area contributed by atoms with Crippen molar-refractivity contribution >= 4 is 22.5 Å². The Labute approximate surface area is 197 Å². The summed E-state index contributed by atoms with van der Waals surface area (Å²) in [6.07, 6.45) is 0. The summed E-state index contributed by atoms with van der Waals surface area (Å²) in [6.45, 7) is 8.91. The average molecular weight is 450 g/mol. The van der Waals surface area contributed by atoms with Crippen LogP contribution in [0.25, 0.3) is 10.9 Å². The summed E-state index contributed by atoms with van der Waals surface area (Å²) < 4.78 is 11.7. The first-order valence-corrected chi connectivity index (χ1v) is 11.7. The normalized spacial score (nSPS) is 9.78. The molecule has 0 saturated heterocycles. The molecule has 0 aliphatic rings. The van der Waals surface area contributed by atoms with E-state index in [2.05, 4.69) is 17.1 Å². The minimum atomic E-state index is 0.425. The molecule has 1 aromatic heterocycles. The van der Waals surface area contributed by atoms with Crippen molar-refractivity contribution in [1.29, 1.82) is 0 Å². The molecular weight excluding hydrogens is 418 g/mol. The number of rotatable bonds is 7. The van der Waals surface area contributed by atoms with Crippen molar-refractivity contribution in [3.05, 3.63) is 102 Å². The second-order valence-corrected chi connectivity index (χ2v) is 6.71. The van der Waals surface area contributed by atoms with E-state index in [0.29, 0.717) is 19.1 Å². The molecule has 0 unspecified atom stereocenters. The van der Waals surface area contributed by atoms with E-state index in [0.717, 1.165) is 39.2 Å². The number of hydrogen-bond donors (Lipinski definition) is 0. The molecule has 1 heterocycles. The smallest absolute Gasteiger partial charge is 0.130 e. The largest absolute Gasteiger partial charge is 0.489 e. The maximum Gasteiger partial charge on any atom is 0.130 e. The van der Waals surface area contributed by atoms with Gasteiger partial charge in [0.1, 0.15) is 24.7 Å². The monoisotopic (exact) mass is 449 g/mol. The zero-order valence-corrected chi connectivity index (χ0v) is 20.1. The van der Waals surface area contributed by atoms with Crippen LogP contribution in [0.15, 0.2) is 84.9 Å². The number of halogens is 1. The molecule has 0 fully saturated rings. The molecular formula is C28H32ClNO2. The Morgan fingerprint density at radius 2 is 1.19 bits per heavy atom. The van der Waals surface area contributed by atoms with E-state index in [1.807, 2.05) is 100 Å². The Morgan fingerprint density at radius 3 is 1.84 bits per heavy atom. The second-order valence-electron chi connectivity index (χ2n) is 6.45. The van der Waals surface area contributed by atoms with E-state index in [-0.39, 0.29) is 0 Å². The molecule has 0 bridgehead atoms. The van der Waals surface area contributed by atoms with Gasteiger partial charge in [0.15, 0.2) is 0 Å². The summed E-state index contributed by atoms with van der Waals surface area (Å²) in [6, 6.07) is 27.8. The SMILES string of the molecule is CC.CC.ClCc1ccccc1COc1ccc(OCc2ccc3ccccc3n2)cc1. The molecule has 0 N–H and O–H groups in total. The number of aromatic nitrogens is 1. The van der Waals surface area contributed by atoms with Crippen LogP contribution in [0.1, 0.15) is 44.5 Å². The summed E-state index contributed by atoms with van der Waals surface area (Å²) in [7, 11) is 0. The molecule has 168 valence electrons. The summed E-state index contributed by atoms with van der Waals surface area (Å²) in [5, 5.41) is 1.13. The fraction of sp³-hybridized carbons (Fsp3) is 0.250. The molecule has 0 aliphatic heterocycles. The van der Waals surface area contributed by atoms with Gasteiger partial charge in [0, 0.05) is 11.3 Å². The van der Waals surface area contributed by atoms with Gasteiger partial charge in [-0.2, -0.15) is 0 Å². The molecule has 0 saturated carbocycles. The molecule has 0 amide bonds. The highest BCUT2D eigenvalue weighted by Gasteiger charge is 2.03. The minimum Gasteiger partial charge on any atom is -0.489 e. The van der Waals surface area contributed by atoms with Gasteiger partial charge in [-0.25, -0.2) is 4.98 Å². The van der Waals surface area contributed by atoms with Crippen LogP contribution in [-0.2, 0) is 19.1 Å². The van der Waals surface area contributed by atoms with Crippen molar-refractivity contribution in [1.82, 2.24) is 4.98 Å². The van der Waals surface area contributed by atoms with Gasteiger partial charge in [0.05, 0.1) is 11.2 Å². The Bertz CT molecular complexity index is 1060. The molecule has 0 atom stereocenters. The van der Waals surface area contributed by atoms with Gasteiger partial charge in [-0.15, -0.1) is 11.6 Å². The van der Waals surface area contributed by atoms with Gasteiger partial charge in [0.2, 0.25) is 0 Å². The van der Waals surface area contributed by atoms with E-state index in [9.17, 15) is 0 Å². The summed E-state index contributed by atoms with van der Waals surface area (Å²) in [4.78, 5) is 4.63. The zero-order chi connectivity index (χ0) is 23.2. The Kier molecular flexibility index (Phi) is 11.1. The summed E-state index contributed by atoms with van der Waals surface area (Å²) in [5.41, 5.74) is 4.06. The molecule has 4 rings (SSSR count). The maximum absolute atomic E-state index is 5.97. The van der Waals surface area contributed by atoms with Crippen LogP contribution in [0.2, 0.25) is 0 Å². The fourth-order valence-corrected chi connectivity index (χ4v) is 3.23. The van der Waals surface area contributed by atoms with Crippen molar-refractivity contribution in [2.24, 2.45) is 0 Å². The van der Waals surface area contributed by atoms with Crippen molar-refractivity contribution in [3.63, 3.8) is 0 Å². The number of nitrogens with zero attached hydrogens (tertiary/aromatic N) is 1. The van der Waals surface area contributed by atoms with Gasteiger partial charge in [-0.3, -0.25) is 0 Å². The van der Waals surface area contributed by atoms with Gasteiger partial charge in [-0.1, -0.05) is 76.2 Å². The van der Waals surface area contributed by atoms with E-state index < -0.39 is 0 Å². The van der Waals surface area contributed by atoms with E-state index in [1.54, 1.807) is 0 Å². The first-order chi connectivity index (χ1) is 15.8. The average Bonchev–Trinajstić information content (AvgIpc) is 2.89. The Hall–Kier alpha value is -3.04. The highest BCUT2D eigenvalue weighted by atomic mass is 35.5. The Morgan fingerprint density at radius 1 is 0.625 bits per heavy atom. The molecule has 32 heavy (non-hydrogen) atoms. The van der Waals surface area contributed by atoms with Crippen LogP contribution < -0.4 is 9.47 Å². The van der Waals surface area contributed by atoms with Crippen LogP contribution in [0, 0.1) is 0 Å². The molecule has 3 nitrogen and oxygen atoms in total. The highest BCUT2D eigenvalue weighted by Crippen LogP contribution is 2.21. The lowest BCUT2D eigenvalue weighted by Crippen LogP contribution is -2.00. The number of fused-ring (bicyclic) bond motifs is 1. The number of hydrogen-bond acceptors (Lipinski definition) is 3. The van der Waals surface area contributed by atoms with Crippen LogP contribution in [0.5, 0.6) is 11.5 Å². The van der Waals surface area contributed by atoms with Gasteiger partial charge < -0.3 is 9.47 Å². The lowest BCUT2D eigenvalue weighted by atomic mass is 10.1. The predicted molar refractivity (Wildman–Crippen MR) is 136 cm³/mol. The lowest BCUT2D eigenvalue weighted by Gasteiger charge is -2.11. The number of para-hydroxylation sites is 1.